The number of benzene rings is 2. The van der Waals surface area contributed by atoms with Gasteiger partial charge in [-0.2, -0.15) is 5.10 Å². The van der Waals surface area contributed by atoms with Crippen molar-refractivity contribution in [2.75, 3.05) is 26.2 Å². The minimum absolute atomic E-state index is 0.237. The molecule has 0 aliphatic carbocycles. The average Bonchev–Trinajstić information content (AvgIpc) is 3.27. The molecule has 1 N–H and O–H groups in total. The molecule has 1 atom stereocenters. The second-order valence-corrected chi connectivity index (χ2v) is 7.92. The molecule has 0 radical (unpaired) electrons. The maximum absolute atomic E-state index is 9.60. The topological polar surface area (TPSA) is 44.5 Å². The zero-order valence-electron chi connectivity index (χ0n) is 17.1. The highest BCUT2D eigenvalue weighted by Crippen LogP contribution is 2.20. The quantitative estimate of drug-likeness (QED) is 0.673. The van der Waals surface area contributed by atoms with Crippen LogP contribution in [0.15, 0.2) is 67.0 Å². The molecule has 1 saturated heterocycles. The molecule has 29 heavy (non-hydrogen) atoms. The normalized spacial score (nSPS) is 18.2. The summed E-state index contributed by atoms with van der Waals surface area (Å²) in [6.07, 6.45) is 4.58. The third-order valence-electron chi connectivity index (χ3n) is 5.90. The highest BCUT2D eigenvalue weighted by Gasteiger charge is 2.26. The van der Waals surface area contributed by atoms with Crippen LogP contribution in [-0.2, 0) is 13.1 Å². The molecule has 0 unspecified atom stereocenters. The van der Waals surface area contributed by atoms with Crippen molar-refractivity contribution in [3.8, 4) is 5.69 Å². The van der Waals surface area contributed by atoms with Crippen LogP contribution >= 0.6 is 0 Å². The molecule has 1 fully saturated rings. The van der Waals surface area contributed by atoms with Crippen molar-refractivity contribution in [3.05, 3.63) is 83.7 Å². The van der Waals surface area contributed by atoms with Gasteiger partial charge in [-0.25, -0.2) is 4.68 Å². The van der Waals surface area contributed by atoms with Gasteiger partial charge in [0.25, 0.3) is 0 Å². The molecule has 0 amide bonds. The Balaban J connectivity index is 1.38. The van der Waals surface area contributed by atoms with Gasteiger partial charge < -0.3 is 5.11 Å². The van der Waals surface area contributed by atoms with Gasteiger partial charge in [0.15, 0.2) is 0 Å². The van der Waals surface area contributed by atoms with Crippen LogP contribution in [0.25, 0.3) is 5.69 Å². The van der Waals surface area contributed by atoms with Crippen molar-refractivity contribution in [1.29, 1.82) is 0 Å². The Morgan fingerprint density at radius 2 is 1.83 bits per heavy atom. The van der Waals surface area contributed by atoms with Gasteiger partial charge in [0.05, 0.1) is 5.69 Å². The van der Waals surface area contributed by atoms with Gasteiger partial charge in [-0.05, 0) is 48.2 Å². The predicted octanol–water partition coefficient (Wildman–Crippen LogP) is 3.25. The van der Waals surface area contributed by atoms with E-state index in [1.807, 2.05) is 16.9 Å². The van der Waals surface area contributed by atoms with E-state index in [9.17, 15) is 5.11 Å². The Morgan fingerprint density at radius 1 is 1.00 bits per heavy atom. The molecule has 1 aliphatic heterocycles. The molecular weight excluding hydrogens is 360 g/mol. The lowest BCUT2D eigenvalue weighted by Gasteiger charge is -2.41. The van der Waals surface area contributed by atoms with Crippen LogP contribution in [0.2, 0.25) is 0 Å². The summed E-state index contributed by atoms with van der Waals surface area (Å²) >= 11 is 0. The van der Waals surface area contributed by atoms with Crippen LogP contribution < -0.4 is 0 Å². The van der Waals surface area contributed by atoms with Crippen molar-refractivity contribution >= 4 is 0 Å². The van der Waals surface area contributed by atoms with E-state index < -0.39 is 0 Å². The Hall–Kier alpha value is -2.47. The first-order valence-electron chi connectivity index (χ1n) is 10.4. The van der Waals surface area contributed by atoms with Crippen molar-refractivity contribution in [2.45, 2.75) is 32.5 Å². The fourth-order valence-electron chi connectivity index (χ4n) is 4.17. The molecule has 0 bridgehead atoms. The summed E-state index contributed by atoms with van der Waals surface area (Å²) in [6, 6.07) is 19.6. The summed E-state index contributed by atoms with van der Waals surface area (Å²) in [5.41, 5.74) is 5.13. The Labute approximate surface area is 173 Å². The number of aryl methyl sites for hydroxylation is 1. The third kappa shape index (κ3) is 4.93. The van der Waals surface area contributed by atoms with Crippen molar-refractivity contribution in [3.63, 3.8) is 0 Å². The molecule has 2 heterocycles. The summed E-state index contributed by atoms with van der Waals surface area (Å²) in [6.45, 7) is 7.40. The second kappa shape index (κ2) is 9.35. The molecular formula is C24H30N4O. The van der Waals surface area contributed by atoms with Crippen LogP contribution in [0.1, 0.15) is 23.1 Å². The van der Waals surface area contributed by atoms with Crippen LogP contribution in [0.5, 0.6) is 0 Å². The second-order valence-electron chi connectivity index (χ2n) is 7.92. The Morgan fingerprint density at radius 3 is 2.55 bits per heavy atom. The van der Waals surface area contributed by atoms with E-state index in [1.54, 1.807) is 6.20 Å². The lowest BCUT2D eigenvalue weighted by Crippen LogP contribution is -2.52. The number of aromatic nitrogens is 2. The molecule has 1 aliphatic rings. The summed E-state index contributed by atoms with van der Waals surface area (Å²) in [5, 5.41) is 13.9. The molecule has 2 aromatic carbocycles. The number of aliphatic hydroxyl groups excluding tert-OH is 1. The van der Waals surface area contributed by atoms with Gasteiger partial charge in [-0.15, -0.1) is 0 Å². The van der Waals surface area contributed by atoms with Gasteiger partial charge in [0.1, 0.15) is 0 Å². The van der Waals surface area contributed by atoms with E-state index >= 15 is 0 Å². The predicted molar refractivity (Wildman–Crippen MR) is 116 cm³/mol. The monoisotopic (exact) mass is 390 g/mol. The van der Waals surface area contributed by atoms with E-state index in [0.717, 1.165) is 44.8 Å². The zero-order valence-corrected chi connectivity index (χ0v) is 17.1. The summed E-state index contributed by atoms with van der Waals surface area (Å²) < 4.78 is 1.88. The Bertz CT molecular complexity index is 892. The standard InChI is InChI=1S/C24H30N4O/c1-20-5-2-3-6-22(20)18-27-15-14-26(19-24(27)11-16-29)17-21-7-9-23(10-8-21)28-13-4-12-25-28/h2-10,12-13,24,29H,11,14-19H2,1H3/t24-/m1/s1. The molecule has 152 valence electrons. The third-order valence-corrected chi connectivity index (χ3v) is 5.90. The van der Waals surface area contributed by atoms with Gasteiger partial charge in [0, 0.05) is 57.8 Å². The molecule has 0 saturated carbocycles. The van der Waals surface area contributed by atoms with Gasteiger partial charge in [-0.3, -0.25) is 9.80 Å². The largest absolute Gasteiger partial charge is 0.396 e. The van der Waals surface area contributed by atoms with E-state index in [1.165, 1.54) is 16.7 Å². The van der Waals surface area contributed by atoms with Crippen molar-refractivity contribution in [2.24, 2.45) is 0 Å². The summed E-state index contributed by atoms with van der Waals surface area (Å²) in [5.74, 6) is 0. The fraction of sp³-hybridized carbons (Fsp3) is 0.375. The Kier molecular flexibility index (Phi) is 6.39. The number of aliphatic hydroxyl groups is 1. The molecule has 4 rings (SSSR count). The van der Waals surface area contributed by atoms with E-state index in [0.29, 0.717) is 6.04 Å². The first-order valence-corrected chi connectivity index (χ1v) is 10.4. The highest BCUT2D eigenvalue weighted by molar-refractivity contribution is 5.33. The van der Waals surface area contributed by atoms with Gasteiger partial charge in [-0.1, -0.05) is 36.4 Å². The lowest BCUT2D eigenvalue weighted by molar-refractivity contribution is 0.0498. The highest BCUT2D eigenvalue weighted by atomic mass is 16.3. The number of hydrogen-bond donors (Lipinski definition) is 1. The average molecular weight is 391 g/mol. The van der Waals surface area contributed by atoms with Crippen molar-refractivity contribution in [1.82, 2.24) is 19.6 Å². The number of rotatable bonds is 7. The molecule has 0 spiro atoms. The van der Waals surface area contributed by atoms with Crippen LogP contribution in [0.3, 0.4) is 0 Å². The molecule has 3 aromatic rings. The molecule has 5 heteroatoms. The van der Waals surface area contributed by atoms with E-state index in [2.05, 4.69) is 70.4 Å². The van der Waals surface area contributed by atoms with Crippen LogP contribution in [0, 0.1) is 6.92 Å². The summed E-state index contributed by atoms with van der Waals surface area (Å²) in [4.78, 5) is 5.05. The maximum Gasteiger partial charge on any atom is 0.0645 e. The van der Waals surface area contributed by atoms with Crippen LogP contribution in [-0.4, -0.2) is 57.0 Å². The zero-order chi connectivity index (χ0) is 20.1. The minimum atomic E-state index is 0.237. The number of nitrogens with zero attached hydrogens (tertiary/aromatic N) is 4. The van der Waals surface area contributed by atoms with Crippen LogP contribution in [0.4, 0.5) is 0 Å². The smallest absolute Gasteiger partial charge is 0.0645 e. The molecule has 5 nitrogen and oxygen atoms in total. The maximum atomic E-state index is 9.60. The summed E-state index contributed by atoms with van der Waals surface area (Å²) in [7, 11) is 0. The number of hydrogen-bond acceptors (Lipinski definition) is 4. The van der Waals surface area contributed by atoms with E-state index in [-0.39, 0.29) is 6.61 Å². The minimum Gasteiger partial charge on any atom is -0.396 e. The SMILES string of the molecule is Cc1ccccc1CN1CCN(Cc2ccc(-n3cccn3)cc2)C[C@H]1CCO. The van der Waals surface area contributed by atoms with Crippen molar-refractivity contribution < 1.29 is 5.11 Å². The fourth-order valence-corrected chi connectivity index (χ4v) is 4.17. The lowest BCUT2D eigenvalue weighted by atomic mass is 10.0. The molecule has 1 aromatic heterocycles. The van der Waals surface area contributed by atoms with Gasteiger partial charge >= 0.3 is 0 Å². The van der Waals surface area contributed by atoms with E-state index in [4.69, 9.17) is 0 Å². The first kappa shape index (κ1) is 19.8. The first-order chi connectivity index (χ1) is 14.2. The number of piperazine rings is 1. The van der Waals surface area contributed by atoms with Gasteiger partial charge in [0.2, 0.25) is 0 Å².